The lowest BCUT2D eigenvalue weighted by Gasteiger charge is -2.27. The Bertz CT molecular complexity index is 793. The second-order valence-electron chi connectivity index (χ2n) is 5.81. The van der Waals surface area contributed by atoms with Crippen molar-refractivity contribution in [2.45, 2.75) is 32.3 Å². The van der Waals surface area contributed by atoms with Gasteiger partial charge in [0.1, 0.15) is 17.3 Å². The van der Waals surface area contributed by atoms with Gasteiger partial charge in [0.25, 0.3) is 5.91 Å². The topological polar surface area (TPSA) is 65.2 Å². The molecule has 1 aromatic carbocycles. The number of nitrogens with zero attached hydrogens (tertiary/aromatic N) is 1. The molecule has 6 heteroatoms. The molecule has 1 atom stereocenters. The van der Waals surface area contributed by atoms with Gasteiger partial charge < -0.3 is 10.5 Å². The van der Waals surface area contributed by atoms with Crippen LogP contribution in [-0.2, 0) is 11.2 Å². The molecule has 2 N–H and O–H groups in total. The average molecular weight is 332 g/mol. The molecule has 0 fully saturated rings. The van der Waals surface area contributed by atoms with E-state index in [0.29, 0.717) is 24.3 Å². The fourth-order valence-corrected chi connectivity index (χ4v) is 3.06. The molecule has 2 heterocycles. The van der Waals surface area contributed by atoms with Crippen molar-refractivity contribution in [3.8, 4) is 11.1 Å². The number of fused-ring (bicyclic) bond motifs is 1. The van der Waals surface area contributed by atoms with Crippen LogP contribution in [0.3, 0.4) is 0 Å². The summed E-state index contributed by atoms with van der Waals surface area (Å²) in [5, 5.41) is 0. The fraction of sp³-hybridized carbons (Fsp3) is 0.333. The van der Waals surface area contributed by atoms with E-state index in [4.69, 9.17) is 10.5 Å². The molecule has 1 aliphatic rings. The highest BCUT2D eigenvalue weighted by atomic mass is 19.1. The number of primary amides is 1. The number of aromatic nitrogens is 1. The smallest absolute Gasteiger partial charge is 0.267 e. The van der Waals surface area contributed by atoms with Crippen molar-refractivity contribution in [1.82, 2.24) is 4.98 Å². The zero-order valence-electron chi connectivity index (χ0n) is 13.3. The number of benzene rings is 1. The van der Waals surface area contributed by atoms with Crippen LogP contribution < -0.4 is 5.73 Å². The summed E-state index contributed by atoms with van der Waals surface area (Å²) in [6.07, 6.45) is 1.93. The van der Waals surface area contributed by atoms with E-state index in [2.05, 4.69) is 4.98 Å². The van der Waals surface area contributed by atoms with Crippen molar-refractivity contribution in [3.05, 3.63) is 52.9 Å². The van der Waals surface area contributed by atoms with Crippen LogP contribution in [0.2, 0.25) is 0 Å². The number of carbonyl (C=O) groups is 1. The van der Waals surface area contributed by atoms with Crippen LogP contribution >= 0.6 is 0 Å². The molecular weight excluding hydrogens is 314 g/mol. The van der Waals surface area contributed by atoms with E-state index in [9.17, 15) is 13.6 Å². The SMILES string of the molecule is CCC[C@H]1OCCc2c(-c3ccc(F)cc3F)cc(C(N)=O)nc21. The molecule has 3 rings (SSSR count). The third-order valence-electron chi connectivity index (χ3n) is 4.16. The number of carbonyl (C=O) groups excluding carboxylic acids is 1. The minimum atomic E-state index is -0.692. The standard InChI is InChI=1S/C18H18F2N2O2/c1-2-3-16-17-12(6-7-24-16)13(9-15(22-17)18(21)23)11-5-4-10(19)8-14(11)20/h4-5,8-9,16H,2-3,6-7H2,1H3,(H2,21,23)/t16-/m1/s1. The number of nitrogens with two attached hydrogens (primary N) is 1. The van der Waals surface area contributed by atoms with E-state index < -0.39 is 17.5 Å². The lowest BCUT2D eigenvalue weighted by molar-refractivity contribution is 0.0327. The second kappa shape index (κ2) is 6.65. The first-order valence-electron chi connectivity index (χ1n) is 7.92. The van der Waals surface area contributed by atoms with E-state index >= 15 is 0 Å². The van der Waals surface area contributed by atoms with Crippen molar-refractivity contribution >= 4 is 5.91 Å². The molecule has 1 aliphatic heterocycles. The van der Waals surface area contributed by atoms with Gasteiger partial charge >= 0.3 is 0 Å². The normalized spacial score (nSPS) is 16.7. The van der Waals surface area contributed by atoms with Crippen LogP contribution in [0.5, 0.6) is 0 Å². The van der Waals surface area contributed by atoms with E-state index in [0.717, 1.165) is 24.5 Å². The summed E-state index contributed by atoms with van der Waals surface area (Å²) in [6, 6.07) is 4.87. The highest BCUT2D eigenvalue weighted by molar-refractivity contribution is 5.92. The van der Waals surface area contributed by atoms with Gasteiger partial charge in [0, 0.05) is 11.6 Å². The van der Waals surface area contributed by atoms with Gasteiger partial charge in [0.2, 0.25) is 0 Å². The monoisotopic (exact) mass is 332 g/mol. The summed E-state index contributed by atoms with van der Waals surface area (Å²) in [7, 11) is 0. The number of halogens is 2. The average Bonchev–Trinajstić information content (AvgIpc) is 2.55. The Hall–Kier alpha value is -2.34. The first-order chi connectivity index (χ1) is 11.5. The maximum absolute atomic E-state index is 14.3. The van der Waals surface area contributed by atoms with Crippen molar-refractivity contribution in [2.75, 3.05) is 6.61 Å². The number of hydrogen-bond donors (Lipinski definition) is 1. The molecule has 0 radical (unpaired) electrons. The Balaban J connectivity index is 2.23. The van der Waals surface area contributed by atoms with Crippen molar-refractivity contribution in [3.63, 3.8) is 0 Å². The van der Waals surface area contributed by atoms with Crippen LogP contribution in [-0.4, -0.2) is 17.5 Å². The Morgan fingerprint density at radius 3 is 2.79 bits per heavy atom. The summed E-state index contributed by atoms with van der Waals surface area (Å²) < 4.78 is 33.3. The predicted octanol–water partition coefficient (Wildman–Crippen LogP) is 3.54. The van der Waals surface area contributed by atoms with Crippen LogP contribution in [0.25, 0.3) is 11.1 Å². The minimum absolute atomic E-state index is 0.0547. The van der Waals surface area contributed by atoms with Gasteiger partial charge in [-0.05, 0) is 42.2 Å². The molecule has 2 aromatic rings. The van der Waals surface area contributed by atoms with Crippen molar-refractivity contribution in [1.29, 1.82) is 0 Å². The van der Waals surface area contributed by atoms with Gasteiger partial charge in [-0.1, -0.05) is 13.3 Å². The van der Waals surface area contributed by atoms with Gasteiger partial charge in [-0.3, -0.25) is 4.79 Å². The molecule has 0 bridgehead atoms. The quantitative estimate of drug-likeness (QED) is 0.931. The van der Waals surface area contributed by atoms with Crippen LogP contribution in [0.15, 0.2) is 24.3 Å². The Kier molecular flexibility index (Phi) is 4.57. The van der Waals surface area contributed by atoms with Crippen LogP contribution in [0, 0.1) is 11.6 Å². The molecule has 1 amide bonds. The molecule has 0 aliphatic carbocycles. The van der Waals surface area contributed by atoms with Crippen LogP contribution in [0.4, 0.5) is 8.78 Å². The van der Waals surface area contributed by atoms with E-state index in [1.54, 1.807) is 0 Å². The van der Waals surface area contributed by atoms with Crippen LogP contribution in [0.1, 0.15) is 47.6 Å². The summed E-state index contributed by atoms with van der Waals surface area (Å²) >= 11 is 0. The molecule has 0 spiro atoms. The van der Waals surface area contributed by atoms with Crippen molar-refractivity contribution < 1.29 is 18.3 Å². The highest BCUT2D eigenvalue weighted by Gasteiger charge is 2.27. The van der Waals surface area contributed by atoms with Gasteiger partial charge in [0.05, 0.1) is 18.4 Å². The third-order valence-corrected chi connectivity index (χ3v) is 4.16. The number of hydrogen-bond acceptors (Lipinski definition) is 3. The predicted molar refractivity (Wildman–Crippen MR) is 85.4 cm³/mol. The summed E-state index contributed by atoms with van der Waals surface area (Å²) in [5.74, 6) is -2.03. The van der Waals surface area contributed by atoms with Gasteiger partial charge in [-0.25, -0.2) is 13.8 Å². The summed E-state index contributed by atoms with van der Waals surface area (Å²) in [6.45, 7) is 2.52. The first kappa shape index (κ1) is 16.5. The second-order valence-corrected chi connectivity index (χ2v) is 5.81. The molecule has 1 aromatic heterocycles. The maximum Gasteiger partial charge on any atom is 0.267 e. The molecule has 0 saturated heterocycles. The highest BCUT2D eigenvalue weighted by Crippen LogP contribution is 2.36. The Morgan fingerprint density at radius 1 is 1.33 bits per heavy atom. The van der Waals surface area contributed by atoms with Gasteiger partial charge in [0.15, 0.2) is 0 Å². The number of amides is 1. The number of ether oxygens (including phenoxy) is 1. The Morgan fingerprint density at radius 2 is 2.12 bits per heavy atom. The zero-order chi connectivity index (χ0) is 17.3. The van der Waals surface area contributed by atoms with E-state index in [-0.39, 0.29) is 17.4 Å². The van der Waals surface area contributed by atoms with Crippen molar-refractivity contribution in [2.24, 2.45) is 5.73 Å². The number of rotatable bonds is 4. The fourth-order valence-electron chi connectivity index (χ4n) is 3.06. The number of pyridine rings is 1. The van der Waals surface area contributed by atoms with E-state index in [1.807, 2.05) is 6.92 Å². The Labute approximate surface area is 138 Å². The lowest BCUT2D eigenvalue weighted by atomic mass is 9.91. The molecule has 0 saturated carbocycles. The lowest BCUT2D eigenvalue weighted by Crippen LogP contribution is -2.22. The van der Waals surface area contributed by atoms with Gasteiger partial charge in [-0.2, -0.15) is 0 Å². The summed E-state index contributed by atoms with van der Waals surface area (Å²) in [5.41, 5.74) is 7.64. The largest absolute Gasteiger partial charge is 0.372 e. The van der Waals surface area contributed by atoms with Gasteiger partial charge in [-0.15, -0.1) is 0 Å². The molecule has 24 heavy (non-hydrogen) atoms. The minimum Gasteiger partial charge on any atom is -0.372 e. The first-order valence-corrected chi connectivity index (χ1v) is 7.92. The third kappa shape index (κ3) is 3.01. The zero-order valence-corrected chi connectivity index (χ0v) is 13.3. The molecule has 4 nitrogen and oxygen atoms in total. The summed E-state index contributed by atoms with van der Waals surface area (Å²) in [4.78, 5) is 16.0. The molecule has 126 valence electrons. The van der Waals surface area contributed by atoms with E-state index in [1.165, 1.54) is 18.2 Å². The molecular formula is C18H18F2N2O2. The maximum atomic E-state index is 14.3. The molecule has 0 unspecified atom stereocenters.